The predicted molar refractivity (Wildman–Crippen MR) is 166 cm³/mol. The third kappa shape index (κ3) is 7.64. The van der Waals surface area contributed by atoms with E-state index in [2.05, 4.69) is 30.8 Å². The van der Waals surface area contributed by atoms with Crippen LogP contribution in [-0.4, -0.2) is 47.2 Å². The molecule has 0 fully saturated rings. The first-order valence-corrected chi connectivity index (χ1v) is 14.0. The van der Waals surface area contributed by atoms with Gasteiger partial charge in [-0.15, -0.1) is 5.10 Å². The zero-order chi connectivity index (χ0) is 31.8. The second kappa shape index (κ2) is 14.2. The van der Waals surface area contributed by atoms with Crippen LogP contribution in [0.15, 0.2) is 96.1 Å². The summed E-state index contributed by atoms with van der Waals surface area (Å²) in [6.45, 7) is 0. The first-order valence-electron chi connectivity index (χ1n) is 13.3. The lowest BCUT2D eigenvalue weighted by molar-refractivity contribution is -0.191. The fourth-order valence-electron chi connectivity index (χ4n) is 4.62. The van der Waals surface area contributed by atoms with Gasteiger partial charge < -0.3 is 15.3 Å². The molecular formula is C31H22Cl2N8O4. The van der Waals surface area contributed by atoms with Crippen molar-refractivity contribution < 1.29 is 14.4 Å². The fourth-order valence-corrected chi connectivity index (χ4v) is 5.05. The van der Waals surface area contributed by atoms with Crippen LogP contribution < -0.4 is 10.9 Å². The molecule has 1 amide bonds. The van der Waals surface area contributed by atoms with E-state index < -0.39 is 6.04 Å². The molecule has 0 unspecified atom stereocenters. The molecule has 0 saturated heterocycles. The molecule has 0 aliphatic heterocycles. The first-order chi connectivity index (χ1) is 21.8. The van der Waals surface area contributed by atoms with Crippen molar-refractivity contribution in [2.45, 2.75) is 12.5 Å². The maximum atomic E-state index is 13.2. The Morgan fingerprint density at radius 1 is 1.00 bits per heavy atom. The molecule has 0 bridgehead atoms. The number of hydrogen-bond acceptors (Lipinski definition) is 8. The first kappa shape index (κ1) is 30.8. The van der Waals surface area contributed by atoms with Crippen molar-refractivity contribution in [3.05, 3.63) is 129 Å². The van der Waals surface area contributed by atoms with Gasteiger partial charge >= 0.3 is 6.15 Å². The number of carbonyl (C=O) groups is 1. The highest BCUT2D eigenvalue weighted by atomic mass is 35.5. The van der Waals surface area contributed by atoms with Crippen LogP contribution in [0, 0.1) is 0 Å². The van der Waals surface area contributed by atoms with E-state index in [0.29, 0.717) is 44.9 Å². The molecule has 14 heteroatoms. The number of aromatic nitrogens is 7. The molecule has 6 aromatic rings. The van der Waals surface area contributed by atoms with Crippen LogP contribution in [-0.2, 0) is 20.8 Å². The summed E-state index contributed by atoms with van der Waals surface area (Å²) in [5.74, 6) is 0.154. The SMILES string of the molecule is O=C(/C=C/c1cc(Cl)ccc1-n1cnnn1)N[C@@H](Cc1ccccc1)c1nc(-c2ccc3[nH]c(=O)ccc3c2)c(Cl)[nH]1.O=C=O. The highest BCUT2D eigenvalue weighted by Gasteiger charge is 2.21. The smallest absolute Gasteiger partial charge is 0.342 e. The molecule has 12 nitrogen and oxygen atoms in total. The highest BCUT2D eigenvalue weighted by Crippen LogP contribution is 2.30. The quantitative estimate of drug-likeness (QED) is 0.201. The van der Waals surface area contributed by atoms with Gasteiger partial charge in [0.15, 0.2) is 0 Å². The Labute approximate surface area is 264 Å². The number of nitrogens with one attached hydrogen (secondary N) is 3. The van der Waals surface area contributed by atoms with Gasteiger partial charge in [-0.25, -0.2) is 4.98 Å². The number of amides is 1. The van der Waals surface area contributed by atoms with Gasteiger partial charge in [0.05, 0.1) is 11.7 Å². The number of pyridine rings is 1. The lowest BCUT2D eigenvalue weighted by atomic mass is 10.1. The van der Waals surface area contributed by atoms with Crippen LogP contribution in [0.4, 0.5) is 0 Å². The summed E-state index contributed by atoms with van der Waals surface area (Å²) < 4.78 is 1.49. The van der Waals surface area contributed by atoms with E-state index in [9.17, 15) is 9.59 Å². The molecule has 3 N–H and O–H groups in total. The molecular weight excluding hydrogens is 619 g/mol. The number of hydrogen-bond donors (Lipinski definition) is 3. The van der Waals surface area contributed by atoms with Gasteiger partial charge in [0.25, 0.3) is 0 Å². The number of tetrazole rings is 1. The summed E-state index contributed by atoms with van der Waals surface area (Å²) >= 11 is 12.8. The molecule has 0 aliphatic rings. The van der Waals surface area contributed by atoms with E-state index in [-0.39, 0.29) is 17.6 Å². The second-order valence-corrected chi connectivity index (χ2v) is 10.3. The summed E-state index contributed by atoms with van der Waals surface area (Å²) in [4.78, 5) is 51.9. The Morgan fingerprint density at radius 2 is 1.80 bits per heavy atom. The minimum atomic E-state index is -0.522. The van der Waals surface area contributed by atoms with Crippen molar-refractivity contribution in [1.29, 1.82) is 0 Å². The predicted octanol–water partition coefficient (Wildman–Crippen LogP) is 4.73. The number of aromatic amines is 2. The van der Waals surface area contributed by atoms with E-state index in [1.165, 1.54) is 23.2 Å². The number of imidazole rings is 1. The van der Waals surface area contributed by atoms with Gasteiger partial charge in [-0.3, -0.25) is 9.59 Å². The molecule has 0 spiro atoms. The minimum Gasteiger partial charge on any atom is -0.342 e. The summed E-state index contributed by atoms with van der Waals surface area (Å²) in [6, 6.07) is 23.2. The Balaban J connectivity index is 0.00000128. The maximum absolute atomic E-state index is 13.2. The lowest BCUT2D eigenvalue weighted by Gasteiger charge is -2.16. The van der Waals surface area contributed by atoms with Crippen LogP contribution in [0.3, 0.4) is 0 Å². The Kier molecular flexibility index (Phi) is 9.70. The Bertz CT molecular complexity index is 2070. The van der Waals surface area contributed by atoms with Crippen LogP contribution >= 0.6 is 23.2 Å². The van der Waals surface area contributed by atoms with Crippen molar-refractivity contribution in [3.8, 4) is 16.9 Å². The topological polar surface area (TPSA) is 168 Å². The maximum Gasteiger partial charge on any atom is 0.373 e. The second-order valence-electron chi connectivity index (χ2n) is 9.53. The zero-order valence-electron chi connectivity index (χ0n) is 23.1. The summed E-state index contributed by atoms with van der Waals surface area (Å²) in [6.07, 6.45) is 5.25. The largest absolute Gasteiger partial charge is 0.373 e. The van der Waals surface area contributed by atoms with Gasteiger partial charge in [-0.05, 0) is 70.3 Å². The number of carbonyl (C=O) groups excluding carboxylic acids is 3. The Hall–Kier alpha value is -5.68. The number of fused-ring (bicyclic) bond motifs is 1. The molecule has 1 atom stereocenters. The van der Waals surface area contributed by atoms with E-state index in [1.54, 1.807) is 30.3 Å². The van der Waals surface area contributed by atoms with Gasteiger partial charge in [0, 0.05) is 33.8 Å². The van der Waals surface area contributed by atoms with Gasteiger partial charge in [-0.2, -0.15) is 14.3 Å². The van der Waals surface area contributed by atoms with Crippen molar-refractivity contribution in [2.24, 2.45) is 0 Å². The number of halogens is 2. The van der Waals surface area contributed by atoms with Gasteiger partial charge in [0.2, 0.25) is 11.5 Å². The Morgan fingerprint density at radius 3 is 2.56 bits per heavy atom. The van der Waals surface area contributed by atoms with Crippen LogP contribution in [0.5, 0.6) is 0 Å². The van der Waals surface area contributed by atoms with Crippen LogP contribution in [0.25, 0.3) is 33.9 Å². The van der Waals surface area contributed by atoms with E-state index in [0.717, 1.165) is 16.5 Å². The van der Waals surface area contributed by atoms with Gasteiger partial charge in [0.1, 0.15) is 23.0 Å². The third-order valence-electron chi connectivity index (χ3n) is 6.60. The summed E-state index contributed by atoms with van der Waals surface area (Å²) in [5, 5.41) is 16.0. The lowest BCUT2D eigenvalue weighted by Crippen LogP contribution is -2.29. The molecule has 45 heavy (non-hydrogen) atoms. The van der Waals surface area contributed by atoms with Crippen molar-refractivity contribution in [2.75, 3.05) is 0 Å². The van der Waals surface area contributed by atoms with E-state index in [4.69, 9.17) is 37.8 Å². The molecule has 0 aliphatic carbocycles. The molecule has 3 heterocycles. The van der Waals surface area contributed by atoms with Crippen molar-refractivity contribution >= 4 is 52.2 Å². The molecule has 0 radical (unpaired) electrons. The normalized spacial score (nSPS) is 11.5. The fraction of sp³-hybridized carbons (Fsp3) is 0.0645. The van der Waals surface area contributed by atoms with Gasteiger partial charge in [-0.1, -0.05) is 59.6 Å². The summed E-state index contributed by atoms with van der Waals surface area (Å²) in [5.41, 5.74) is 4.16. The highest BCUT2D eigenvalue weighted by molar-refractivity contribution is 6.32. The van der Waals surface area contributed by atoms with Crippen LogP contribution in [0.1, 0.15) is 23.0 Å². The molecule has 0 saturated carbocycles. The third-order valence-corrected chi connectivity index (χ3v) is 7.11. The molecule has 3 aromatic heterocycles. The molecule has 6 rings (SSSR count). The number of rotatable bonds is 8. The minimum absolute atomic E-state index is 0.175. The average Bonchev–Trinajstić information content (AvgIpc) is 3.71. The summed E-state index contributed by atoms with van der Waals surface area (Å²) in [7, 11) is 0. The van der Waals surface area contributed by atoms with Crippen LogP contribution in [0.2, 0.25) is 10.2 Å². The standard InChI is InChI=1S/C30H22Cl2N8O2.CO2/c31-22-9-11-25(40-17-33-38-39-40)20(16-22)8-13-27(42)35-24(14-18-4-2-1-3-5-18)30-36-28(29(32)37-30)21-6-10-23-19(15-21)7-12-26(41)34-23;2-1-3/h1-13,15-17,24H,14H2,(H,34,41)(H,35,42)(H,36,37);/b13-8+;/t24-;/m0./s1. The average molecular weight is 641 g/mol. The van der Waals surface area contributed by atoms with E-state index in [1.807, 2.05) is 48.5 Å². The van der Waals surface area contributed by atoms with Crippen molar-refractivity contribution in [3.63, 3.8) is 0 Å². The van der Waals surface area contributed by atoms with Crippen molar-refractivity contribution in [1.82, 2.24) is 40.5 Å². The number of H-pyrrole nitrogens is 2. The monoisotopic (exact) mass is 640 g/mol. The van der Waals surface area contributed by atoms with E-state index >= 15 is 0 Å². The number of benzene rings is 3. The molecule has 3 aromatic carbocycles. The number of nitrogens with zero attached hydrogens (tertiary/aromatic N) is 5. The zero-order valence-corrected chi connectivity index (χ0v) is 24.7. The molecule has 224 valence electrons.